The number of carbonyl (C=O) groups is 2. The first-order valence-corrected chi connectivity index (χ1v) is 13.1. The average Bonchev–Trinajstić information content (AvgIpc) is 3.65. The Labute approximate surface area is 211 Å². The molecule has 2 aliphatic rings. The lowest BCUT2D eigenvalue weighted by atomic mass is 10.00. The molecule has 2 fully saturated rings. The molecule has 3 aromatic rings. The zero-order valence-corrected chi connectivity index (χ0v) is 20.8. The first-order valence-electron chi connectivity index (χ1n) is 13.1. The monoisotopic (exact) mass is 490 g/mol. The Balaban J connectivity index is 1.41. The van der Waals surface area contributed by atoms with Gasteiger partial charge < -0.3 is 14.7 Å². The molecule has 190 valence electrons. The summed E-state index contributed by atoms with van der Waals surface area (Å²) in [6.07, 6.45) is 7.40. The number of nitrogens with zero attached hydrogens (tertiary/aromatic N) is 5. The minimum Gasteiger partial charge on any atom is -0.356 e. The SMILES string of the molecule is CCn1nccc1C(=O)N1CCCCCCNC(=O)C2CC(c3nc(Cc4ccccc4)no3)CC21. The molecule has 5 rings (SSSR count). The van der Waals surface area contributed by atoms with Crippen molar-refractivity contribution >= 4 is 11.8 Å². The van der Waals surface area contributed by atoms with Gasteiger partial charge in [0.15, 0.2) is 5.82 Å². The van der Waals surface area contributed by atoms with Crippen molar-refractivity contribution in [2.45, 2.75) is 70.4 Å². The van der Waals surface area contributed by atoms with Crippen molar-refractivity contribution in [3.8, 4) is 0 Å². The highest BCUT2D eigenvalue weighted by Crippen LogP contribution is 2.41. The topological polar surface area (TPSA) is 106 Å². The summed E-state index contributed by atoms with van der Waals surface area (Å²) in [4.78, 5) is 33.7. The highest BCUT2D eigenvalue weighted by atomic mass is 16.5. The quantitative estimate of drug-likeness (QED) is 0.586. The number of hydrogen-bond donors (Lipinski definition) is 1. The van der Waals surface area contributed by atoms with Gasteiger partial charge in [-0.1, -0.05) is 48.3 Å². The second-order valence-corrected chi connectivity index (χ2v) is 9.79. The van der Waals surface area contributed by atoms with E-state index in [9.17, 15) is 9.59 Å². The zero-order valence-electron chi connectivity index (χ0n) is 20.8. The van der Waals surface area contributed by atoms with Gasteiger partial charge in [-0.15, -0.1) is 0 Å². The van der Waals surface area contributed by atoms with Gasteiger partial charge in [0.25, 0.3) is 5.91 Å². The van der Waals surface area contributed by atoms with E-state index in [2.05, 4.69) is 20.6 Å². The molecule has 1 aromatic carbocycles. The summed E-state index contributed by atoms with van der Waals surface area (Å²) < 4.78 is 7.41. The number of fused-ring (bicyclic) bond motifs is 1. The summed E-state index contributed by atoms with van der Waals surface area (Å²) in [5.74, 6) is 0.744. The van der Waals surface area contributed by atoms with Gasteiger partial charge >= 0.3 is 0 Å². The lowest BCUT2D eigenvalue weighted by Crippen LogP contribution is -2.47. The second kappa shape index (κ2) is 11.1. The summed E-state index contributed by atoms with van der Waals surface area (Å²) in [6.45, 7) is 3.88. The van der Waals surface area contributed by atoms with Crippen molar-refractivity contribution in [3.05, 3.63) is 65.6 Å². The van der Waals surface area contributed by atoms with Crippen LogP contribution in [0.5, 0.6) is 0 Å². The second-order valence-electron chi connectivity index (χ2n) is 9.79. The third kappa shape index (κ3) is 5.20. The van der Waals surface area contributed by atoms with E-state index < -0.39 is 0 Å². The Kier molecular flexibility index (Phi) is 7.44. The molecular formula is C27H34N6O3. The van der Waals surface area contributed by atoms with Gasteiger partial charge in [0.1, 0.15) is 5.69 Å². The van der Waals surface area contributed by atoms with Crippen LogP contribution in [0.1, 0.15) is 79.1 Å². The van der Waals surface area contributed by atoms with Crippen LogP contribution in [0.2, 0.25) is 0 Å². The van der Waals surface area contributed by atoms with E-state index in [4.69, 9.17) is 4.52 Å². The molecule has 1 N–H and O–H groups in total. The normalized spacial score (nSPS) is 23.1. The van der Waals surface area contributed by atoms with Crippen molar-refractivity contribution in [1.82, 2.24) is 30.1 Å². The predicted molar refractivity (Wildman–Crippen MR) is 133 cm³/mol. The van der Waals surface area contributed by atoms with Gasteiger partial charge in [-0.25, -0.2) is 0 Å². The van der Waals surface area contributed by atoms with Crippen LogP contribution in [0.15, 0.2) is 47.1 Å². The Hall–Kier alpha value is -3.49. The number of hydrogen-bond acceptors (Lipinski definition) is 6. The first kappa shape index (κ1) is 24.2. The molecule has 1 aliphatic heterocycles. The van der Waals surface area contributed by atoms with Crippen LogP contribution in [0.3, 0.4) is 0 Å². The van der Waals surface area contributed by atoms with Gasteiger partial charge in [0, 0.05) is 44.2 Å². The fourth-order valence-corrected chi connectivity index (χ4v) is 5.56. The molecule has 2 aromatic heterocycles. The molecule has 2 amide bonds. The van der Waals surface area contributed by atoms with E-state index in [-0.39, 0.29) is 29.7 Å². The standard InChI is InChI=1S/C27H34N6O3/c1-2-33-22(12-14-29-33)27(35)32-15-9-4-3-8-13-28-25(34)21-17-20(18-23(21)32)26-30-24(31-36-26)16-19-10-6-5-7-11-19/h5-7,10-12,14,20-21,23H,2-4,8-9,13,15-18H2,1H3,(H,28,34). The number of benzene rings is 1. The number of amides is 2. The largest absolute Gasteiger partial charge is 0.356 e. The van der Waals surface area contributed by atoms with Gasteiger partial charge in [-0.05, 0) is 44.2 Å². The summed E-state index contributed by atoms with van der Waals surface area (Å²) in [7, 11) is 0. The Bertz CT molecular complexity index is 1170. The molecule has 1 saturated heterocycles. The summed E-state index contributed by atoms with van der Waals surface area (Å²) in [5.41, 5.74) is 1.68. The zero-order chi connectivity index (χ0) is 24.9. The van der Waals surface area contributed by atoms with Gasteiger partial charge in [0.2, 0.25) is 11.8 Å². The molecule has 3 atom stereocenters. The molecule has 9 heteroatoms. The number of aryl methyl sites for hydroxylation is 1. The lowest BCUT2D eigenvalue weighted by molar-refractivity contribution is -0.126. The third-order valence-electron chi connectivity index (χ3n) is 7.43. The Morgan fingerprint density at radius 3 is 2.78 bits per heavy atom. The molecule has 3 heterocycles. The maximum absolute atomic E-state index is 13.8. The van der Waals surface area contributed by atoms with Crippen molar-refractivity contribution < 1.29 is 14.1 Å². The smallest absolute Gasteiger partial charge is 0.272 e. The molecule has 0 bridgehead atoms. The lowest BCUT2D eigenvalue weighted by Gasteiger charge is -2.32. The van der Waals surface area contributed by atoms with E-state index in [1.54, 1.807) is 16.9 Å². The van der Waals surface area contributed by atoms with E-state index in [1.165, 1.54) is 0 Å². The average molecular weight is 491 g/mol. The van der Waals surface area contributed by atoms with Gasteiger partial charge in [-0.3, -0.25) is 14.3 Å². The highest BCUT2D eigenvalue weighted by Gasteiger charge is 2.46. The van der Waals surface area contributed by atoms with E-state index in [1.807, 2.05) is 42.2 Å². The van der Waals surface area contributed by atoms with Crippen LogP contribution in [-0.4, -0.2) is 55.8 Å². The van der Waals surface area contributed by atoms with Crippen LogP contribution in [-0.2, 0) is 17.8 Å². The number of rotatable bonds is 5. The fraction of sp³-hybridized carbons (Fsp3) is 0.519. The predicted octanol–water partition coefficient (Wildman–Crippen LogP) is 3.57. The summed E-state index contributed by atoms with van der Waals surface area (Å²) >= 11 is 0. The molecule has 0 spiro atoms. The molecule has 1 aliphatic carbocycles. The molecule has 3 unspecified atom stereocenters. The number of nitrogens with one attached hydrogen (secondary N) is 1. The summed E-state index contributed by atoms with van der Waals surface area (Å²) in [6, 6.07) is 11.6. The molecular weight excluding hydrogens is 456 g/mol. The molecule has 1 saturated carbocycles. The maximum atomic E-state index is 13.8. The third-order valence-corrected chi connectivity index (χ3v) is 7.43. The summed E-state index contributed by atoms with van der Waals surface area (Å²) in [5, 5.41) is 11.6. The van der Waals surface area contributed by atoms with Crippen molar-refractivity contribution in [3.63, 3.8) is 0 Å². The van der Waals surface area contributed by atoms with E-state index >= 15 is 0 Å². The van der Waals surface area contributed by atoms with E-state index in [0.717, 1.165) is 31.2 Å². The fourth-order valence-electron chi connectivity index (χ4n) is 5.56. The van der Waals surface area contributed by atoms with E-state index in [0.29, 0.717) is 56.3 Å². The minimum absolute atomic E-state index is 0.00947. The van der Waals surface area contributed by atoms with Crippen LogP contribution >= 0.6 is 0 Å². The van der Waals surface area contributed by atoms with Gasteiger partial charge in [0.05, 0.1) is 5.92 Å². The molecule has 9 nitrogen and oxygen atoms in total. The van der Waals surface area contributed by atoms with Crippen LogP contribution in [0, 0.1) is 5.92 Å². The first-order chi connectivity index (χ1) is 17.6. The van der Waals surface area contributed by atoms with Crippen molar-refractivity contribution in [2.24, 2.45) is 5.92 Å². The minimum atomic E-state index is -0.320. The van der Waals surface area contributed by atoms with Crippen LogP contribution < -0.4 is 5.32 Å². The molecule has 36 heavy (non-hydrogen) atoms. The Morgan fingerprint density at radius 2 is 1.94 bits per heavy atom. The number of carbonyl (C=O) groups excluding carboxylic acids is 2. The number of aromatic nitrogens is 4. The van der Waals surface area contributed by atoms with Crippen molar-refractivity contribution in [1.29, 1.82) is 0 Å². The maximum Gasteiger partial charge on any atom is 0.272 e. The van der Waals surface area contributed by atoms with Crippen LogP contribution in [0.4, 0.5) is 0 Å². The Morgan fingerprint density at radius 1 is 1.11 bits per heavy atom. The van der Waals surface area contributed by atoms with Gasteiger partial charge in [-0.2, -0.15) is 10.1 Å². The van der Waals surface area contributed by atoms with Crippen LogP contribution in [0.25, 0.3) is 0 Å². The highest BCUT2D eigenvalue weighted by molar-refractivity contribution is 5.93. The molecule has 0 radical (unpaired) electrons. The van der Waals surface area contributed by atoms with Crippen molar-refractivity contribution in [2.75, 3.05) is 13.1 Å².